The molecule has 0 spiro atoms. The number of nitro groups is 1. The number of carbonyl (C=O) groups is 1. The summed E-state index contributed by atoms with van der Waals surface area (Å²) in [4.78, 5) is 25.4. The zero-order chi connectivity index (χ0) is 28.1. The highest BCUT2D eigenvalue weighted by molar-refractivity contribution is 7.89. The van der Waals surface area contributed by atoms with Gasteiger partial charge >= 0.3 is 0 Å². The predicted octanol–water partition coefficient (Wildman–Crippen LogP) is 4.94. The molecule has 0 unspecified atom stereocenters. The van der Waals surface area contributed by atoms with Crippen LogP contribution >= 0.6 is 0 Å². The Balaban J connectivity index is 1.26. The van der Waals surface area contributed by atoms with Crippen LogP contribution in [0.15, 0.2) is 114 Å². The molecule has 0 aliphatic carbocycles. The van der Waals surface area contributed by atoms with Gasteiger partial charge in [0.05, 0.1) is 15.9 Å². The third kappa shape index (κ3) is 5.94. The van der Waals surface area contributed by atoms with Crippen molar-refractivity contribution >= 4 is 27.3 Å². The number of rotatable bonds is 8. The molecule has 0 radical (unpaired) electrons. The molecule has 9 nitrogen and oxygen atoms in total. The fourth-order valence-corrected chi connectivity index (χ4v) is 6.33. The molecule has 0 bridgehead atoms. The van der Waals surface area contributed by atoms with Crippen LogP contribution in [0.2, 0.25) is 0 Å². The maximum absolute atomic E-state index is 13.4. The highest BCUT2D eigenvalue weighted by Gasteiger charge is 2.32. The first-order valence-electron chi connectivity index (χ1n) is 12.8. The molecule has 1 aliphatic heterocycles. The van der Waals surface area contributed by atoms with Gasteiger partial charge in [0.25, 0.3) is 11.6 Å². The van der Waals surface area contributed by atoms with Gasteiger partial charge in [-0.3, -0.25) is 19.8 Å². The summed E-state index contributed by atoms with van der Waals surface area (Å²) in [5.74, 6) is -0.526. The number of benzene rings is 4. The van der Waals surface area contributed by atoms with E-state index < -0.39 is 20.9 Å². The lowest BCUT2D eigenvalue weighted by Crippen LogP contribution is -2.49. The quantitative estimate of drug-likeness (QED) is 0.243. The SMILES string of the molecule is O=C(Nc1ccc(S(=O)(=O)N2CCN(C(c3ccccc3)c3ccccc3)CC2)cc1)c1cccc([N+](=O)[O-])c1. The lowest BCUT2D eigenvalue weighted by molar-refractivity contribution is -0.384. The Hall–Kier alpha value is -4.38. The van der Waals surface area contributed by atoms with Crippen LogP contribution < -0.4 is 5.32 Å². The molecule has 1 saturated heterocycles. The zero-order valence-electron chi connectivity index (χ0n) is 21.6. The van der Waals surface area contributed by atoms with Gasteiger partial charge in [0.2, 0.25) is 10.0 Å². The zero-order valence-corrected chi connectivity index (χ0v) is 22.4. The molecule has 40 heavy (non-hydrogen) atoms. The summed E-state index contributed by atoms with van der Waals surface area (Å²) >= 11 is 0. The van der Waals surface area contributed by atoms with Crippen molar-refractivity contribution in [2.45, 2.75) is 10.9 Å². The fourth-order valence-electron chi connectivity index (χ4n) is 4.91. The van der Waals surface area contributed by atoms with Crippen LogP contribution in [-0.4, -0.2) is 54.6 Å². The van der Waals surface area contributed by atoms with Gasteiger partial charge in [-0.05, 0) is 41.5 Å². The van der Waals surface area contributed by atoms with E-state index >= 15 is 0 Å². The highest BCUT2D eigenvalue weighted by Crippen LogP contribution is 2.30. The number of piperazine rings is 1. The average Bonchev–Trinajstić information content (AvgIpc) is 2.99. The number of anilines is 1. The van der Waals surface area contributed by atoms with E-state index in [-0.39, 0.29) is 22.2 Å². The van der Waals surface area contributed by atoms with Gasteiger partial charge in [0.15, 0.2) is 0 Å². The van der Waals surface area contributed by atoms with Gasteiger partial charge in [-0.2, -0.15) is 4.31 Å². The molecule has 1 fully saturated rings. The maximum atomic E-state index is 13.4. The van der Waals surface area contributed by atoms with Gasteiger partial charge in [0.1, 0.15) is 0 Å². The van der Waals surface area contributed by atoms with Gasteiger partial charge in [0, 0.05) is 49.6 Å². The molecule has 4 aromatic carbocycles. The second-order valence-corrected chi connectivity index (χ2v) is 11.4. The summed E-state index contributed by atoms with van der Waals surface area (Å²) in [6.45, 7) is 1.85. The number of sulfonamides is 1. The van der Waals surface area contributed by atoms with Crippen LogP contribution in [0.25, 0.3) is 0 Å². The monoisotopic (exact) mass is 556 g/mol. The number of nitro benzene ring substituents is 1. The predicted molar refractivity (Wildman–Crippen MR) is 153 cm³/mol. The van der Waals surface area contributed by atoms with Gasteiger partial charge < -0.3 is 5.32 Å². The average molecular weight is 557 g/mol. The number of nitrogens with zero attached hydrogens (tertiary/aromatic N) is 3. The summed E-state index contributed by atoms with van der Waals surface area (Å²) in [5, 5.41) is 13.6. The first-order valence-corrected chi connectivity index (χ1v) is 14.3. The van der Waals surface area contributed by atoms with Crippen molar-refractivity contribution in [3.63, 3.8) is 0 Å². The van der Waals surface area contributed by atoms with Gasteiger partial charge in [-0.1, -0.05) is 66.7 Å². The van der Waals surface area contributed by atoms with Gasteiger partial charge in [-0.25, -0.2) is 8.42 Å². The van der Waals surface area contributed by atoms with Crippen molar-refractivity contribution in [1.29, 1.82) is 0 Å². The molecule has 1 aliphatic rings. The molecule has 4 aromatic rings. The van der Waals surface area contributed by atoms with Crippen molar-refractivity contribution < 1.29 is 18.1 Å². The molecule has 0 aromatic heterocycles. The Morgan fingerprint density at radius 3 is 1.90 bits per heavy atom. The summed E-state index contributed by atoms with van der Waals surface area (Å²) in [5.41, 5.74) is 2.65. The molecule has 5 rings (SSSR count). The number of carbonyl (C=O) groups excluding carboxylic acids is 1. The van der Waals surface area contributed by atoms with E-state index in [0.717, 1.165) is 11.1 Å². The molecule has 204 valence electrons. The summed E-state index contributed by atoms with van der Waals surface area (Å²) in [6, 6.07) is 31.8. The molecular weight excluding hydrogens is 528 g/mol. The van der Waals surface area contributed by atoms with Gasteiger partial charge in [-0.15, -0.1) is 0 Å². The number of hydrogen-bond donors (Lipinski definition) is 1. The Labute approximate surface area is 232 Å². The van der Waals surface area contributed by atoms with E-state index in [1.165, 1.54) is 52.8 Å². The van der Waals surface area contributed by atoms with Crippen LogP contribution in [0.3, 0.4) is 0 Å². The van der Waals surface area contributed by atoms with Crippen LogP contribution in [0, 0.1) is 10.1 Å². The van der Waals surface area contributed by atoms with Crippen molar-refractivity contribution in [3.8, 4) is 0 Å². The van der Waals surface area contributed by atoms with E-state index in [9.17, 15) is 23.3 Å². The lowest BCUT2D eigenvalue weighted by atomic mass is 9.96. The number of hydrogen-bond acceptors (Lipinski definition) is 6. The minimum Gasteiger partial charge on any atom is -0.322 e. The summed E-state index contributed by atoms with van der Waals surface area (Å²) < 4.78 is 28.3. The third-order valence-electron chi connectivity index (χ3n) is 6.94. The summed E-state index contributed by atoms with van der Waals surface area (Å²) in [7, 11) is -3.73. The molecular formula is C30H28N4O5S. The fraction of sp³-hybridized carbons (Fsp3) is 0.167. The Kier molecular flexibility index (Phi) is 8.01. The van der Waals surface area contributed by atoms with Crippen LogP contribution in [0.5, 0.6) is 0 Å². The van der Waals surface area contributed by atoms with E-state index in [4.69, 9.17) is 0 Å². The Morgan fingerprint density at radius 1 is 0.775 bits per heavy atom. The van der Waals surface area contributed by atoms with E-state index in [1.807, 2.05) is 36.4 Å². The lowest BCUT2D eigenvalue weighted by Gasteiger charge is -2.39. The first kappa shape index (κ1) is 27.2. The Bertz CT molecular complexity index is 1550. The van der Waals surface area contributed by atoms with Crippen LogP contribution in [0.1, 0.15) is 27.5 Å². The molecule has 10 heteroatoms. The van der Waals surface area contributed by atoms with Crippen molar-refractivity contribution in [2.75, 3.05) is 31.5 Å². The van der Waals surface area contributed by atoms with E-state index in [1.54, 1.807) is 0 Å². The largest absolute Gasteiger partial charge is 0.322 e. The molecule has 0 atom stereocenters. The molecule has 1 N–H and O–H groups in total. The van der Waals surface area contributed by atoms with Crippen molar-refractivity contribution in [3.05, 3.63) is 136 Å². The minimum absolute atomic E-state index is 0.0289. The standard InChI is InChI=1S/C30H28N4O5S/c35-30(25-12-7-13-27(22-25)34(36)37)31-26-14-16-28(17-15-26)40(38,39)33-20-18-32(19-21-33)29(23-8-3-1-4-9-23)24-10-5-2-6-11-24/h1-17,22,29H,18-21H2,(H,31,35). The van der Waals surface area contributed by atoms with Crippen LogP contribution in [0.4, 0.5) is 11.4 Å². The minimum atomic E-state index is -3.73. The number of non-ortho nitro benzene ring substituents is 1. The molecule has 1 heterocycles. The highest BCUT2D eigenvalue weighted by atomic mass is 32.2. The number of nitrogens with one attached hydrogen (secondary N) is 1. The smallest absolute Gasteiger partial charge is 0.270 e. The van der Waals surface area contributed by atoms with E-state index in [0.29, 0.717) is 31.9 Å². The second kappa shape index (κ2) is 11.8. The molecule has 1 amide bonds. The van der Waals surface area contributed by atoms with E-state index in [2.05, 4.69) is 34.5 Å². The van der Waals surface area contributed by atoms with Crippen molar-refractivity contribution in [1.82, 2.24) is 9.21 Å². The summed E-state index contributed by atoms with van der Waals surface area (Å²) in [6.07, 6.45) is 0. The van der Waals surface area contributed by atoms with Crippen molar-refractivity contribution in [2.24, 2.45) is 0 Å². The van der Waals surface area contributed by atoms with Crippen LogP contribution in [-0.2, 0) is 10.0 Å². The normalized spacial score (nSPS) is 14.6. The first-order chi connectivity index (χ1) is 19.3. The third-order valence-corrected chi connectivity index (χ3v) is 8.85. The molecule has 0 saturated carbocycles. The Morgan fingerprint density at radius 2 is 1.35 bits per heavy atom. The topological polar surface area (TPSA) is 113 Å². The number of amides is 1. The maximum Gasteiger partial charge on any atom is 0.270 e. The second-order valence-electron chi connectivity index (χ2n) is 9.45.